The van der Waals surface area contributed by atoms with E-state index in [2.05, 4.69) is 12.1 Å². The summed E-state index contributed by atoms with van der Waals surface area (Å²) in [4.78, 5) is 0. The predicted molar refractivity (Wildman–Crippen MR) is 83.4 cm³/mol. The molecule has 1 aliphatic rings. The molecule has 112 valence electrons. The van der Waals surface area contributed by atoms with Gasteiger partial charge in [0.1, 0.15) is 5.75 Å². The fourth-order valence-corrected chi connectivity index (χ4v) is 3.29. The molecule has 1 N–H and O–H groups in total. The molecule has 3 heteroatoms. The maximum absolute atomic E-state index is 11.1. The fraction of sp³-hybridized carbons (Fsp3) is 0.444. The van der Waals surface area contributed by atoms with Crippen LogP contribution in [0.1, 0.15) is 37.7 Å². The second-order valence-electron chi connectivity index (χ2n) is 5.81. The Balaban J connectivity index is 2.12. The summed E-state index contributed by atoms with van der Waals surface area (Å²) in [5, 5.41) is 13.2. The number of hydrogen-bond acceptors (Lipinski definition) is 3. The second-order valence-corrected chi connectivity index (χ2v) is 5.81. The number of methoxy groups -OCH3 is 1. The first kappa shape index (κ1) is 14.4. The topological polar surface area (TPSA) is 38.7 Å². The van der Waals surface area contributed by atoms with Gasteiger partial charge in [-0.2, -0.15) is 0 Å². The van der Waals surface area contributed by atoms with Gasteiger partial charge in [-0.3, -0.25) is 0 Å². The van der Waals surface area contributed by atoms with Crippen LogP contribution in [0.4, 0.5) is 0 Å². The van der Waals surface area contributed by atoms with Crippen LogP contribution in [0, 0.1) is 0 Å². The summed E-state index contributed by atoms with van der Waals surface area (Å²) in [5.41, 5.74) is 0.128. The molecule has 0 atom stereocenters. The van der Waals surface area contributed by atoms with Crippen LogP contribution < -0.4 is 4.74 Å². The Morgan fingerprint density at radius 1 is 1.05 bits per heavy atom. The first-order valence-electron chi connectivity index (χ1n) is 7.61. The Kier molecular flexibility index (Phi) is 4.13. The summed E-state index contributed by atoms with van der Waals surface area (Å²) in [5.74, 6) is 0.763. The van der Waals surface area contributed by atoms with Gasteiger partial charge in [0.2, 0.25) is 0 Å². The Bertz CT molecular complexity index is 615. The third-order valence-corrected chi connectivity index (χ3v) is 4.38. The maximum Gasteiger partial charge on any atom is 0.188 e. The lowest BCUT2D eigenvalue weighted by Gasteiger charge is -2.34. The molecule has 0 amide bonds. The van der Waals surface area contributed by atoms with Crippen LogP contribution in [0.15, 0.2) is 36.4 Å². The highest BCUT2D eigenvalue weighted by atomic mass is 16.7. The van der Waals surface area contributed by atoms with Gasteiger partial charge < -0.3 is 14.6 Å². The van der Waals surface area contributed by atoms with E-state index in [4.69, 9.17) is 9.47 Å². The van der Waals surface area contributed by atoms with E-state index in [0.717, 1.165) is 47.8 Å². The molecule has 2 aromatic carbocycles. The molecule has 0 saturated heterocycles. The maximum atomic E-state index is 11.1. The van der Waals surface area contributed by atoms with E-state index < -0.39 is 5.60 Å². The third kappa shape index (κ3) is 2.76. The Hall–Kier alpha value is -1.58. The van der Waals surface area contributed by atoms with E-state index in [-0.39, 0.29) is 6.79 Å². The van der Waals surface area contributed by atoms with Crippen LogP contribution in [0.5, 0.6) is 5.75 Å². The molecular formula is C18H22O3. The molecule has 1 fully saturated rings. The molecule has 21 heavy (non-hydrogen) atoms. The van der Waals surface area contributed by atoms with Crippen LogP contribution >= 0.6 is 0 Å². The zero-order chi connectivity index (χ0) is 14.7. The molecule has 0 spiro atoms. The first-order valence-corrected chi connectivity index (χ1v) is 7.61. The number of aliphatic hydroxyl groups is 1. The Morgan fingerprint density at radius 3 is 2.57 bits per heavy atom. The Labute approximate surface area is 125 Å². The first-order chi connectivity index (χ1) is 10.2. The van der Waals surface area contributed by atoms with Crippen molar-refractivity contribution < 1.29 is 14.6 Å². The summed E-state index contributed by atoms with van der Waals surface area (Å²) in [7, 11) is 1.61. The van der Waals surface area contributed by atoms with Crippen molar-refractivity contribution in [3.05, 3.63) is 42.0 Å². The van der Waals surface area contributed by atoms with Gasteiger partial charge in [-0.1, -0.05) is 55.7 Å². The van der Waals surface area contributed by atoms with Crippen LogP contribution in [-0.2, 0) is 10.3 Å². The SMILES string of the molecule is COCOc1c(C2(O)CCCCC2)ccc2ccccc12. The molecule has 0 aromatic heterocycles. The highest BCUT2D eigenvalue weighted by Crippen LogP contribution is 2.43. The molecule has 0 radical (unpaired) electrons. The lowest BCUT2D eigenvalue weighted by molar-refractivity contribution is -0.00747. The second kappa shape index (κ2) is 6.04. The molecule has 0 bridgehead atoms. The summed E-state index contributed by atoms with van der Waals surface area (Å²) in [6.45, 7) is 0.192. The minimum Gasteiger partial charge on any atom is -0.467 e. The van der Waals surface area contributed by atoms with Gasteiger partial charge in [0.05, 0.1) is 5.60 Å². The third-order valence-electron chi connectivity index (χ3n) is 4.38. The highest BCUT2D eigenvalue weighted by molar-refractivity contribution is 5.89. The van der Waals surface area contributed by atoms with Crippen molar-refractivity contribution in [1.29, 1.82) is 0 Å². The zero-order valence-electron chi connectivity index (χ0n) is 12.5. The van der Waals surface area contributed by atoms with Crippen molar-refractivity contribution in [3.8, 4) is 5.75 Å². The van der Waals surface area contributed by atoms with Gasteiger partial charge in [0, 0.05) is 18.1 Å². The molecule has 0 aliphatic heterocycles. The van der Waals surface area contributed by atoms with Gasteiger partial charge in [-0.05, 0) is 18.2 Å². The van der Waals surface area contributed by atoms with Crippen molar-refractivity contribution in [2.45, 2.75) is 37.7 Å². The molecule has 0 unspecified atom stereocenters. The van der Waals surface area contributed by atoms with E-state index >= 15 is 0 Å². The van der Waals surface area contributed by atoms with E-state index in [0.29, 0.717) is 0 Å². The number of ether oxygens (including phenoxy) is 2. The monoisotopic (exact) mass is 286 g/mol. The summed E-state index contributed by atoms with van der Waals surface area (Å²) in [6.07, 6.45) is 4.92. The number of benzene rings is 2. The number of rotatable bonds is 4. The van der Waals surface area contributed by atoms with Gasteiger partial charge in [-0.15, -0.1) is 0 Å². The van der Waals surface area contributed by atoms with E-state index in [9.17, 15) is 5.11 Å². The fourth-order valence-electron chi connectivity index (χ4n) is 3.29. The van der Waals surface area contributed by atoms with Gasteiger partial charge in [0.25, 0.3) is 0 Å². The highest BCUT2D eigenvalue weighted by Gasteiger charge is 2.34. The molecule has 0 heterocycles. The average molecular weight is 286 g/mol. The minimum absolute atomic E-state index is 0.192. The number of fused-ring (bicyclic) bond motifs is 1. The largest absolute Gasteiger partial charge is 0.467 e. The number of hydrogen-bond donors (Lipinski definition) is 1. The minimum atomic E-state index is -0.772. The molecule has 1 aliphatic carbocycles. The van der Waals surface area contributed by atoms with E-state index in [1.807, 2.05) is 24.3 Å². The van der Waals surface area contributed by atoms with Crippen molar-refractivity contribution in [3.63, 3.8) is 0 Å². The molecule has 1 saturated carbocycles. The Morgan fingerprint density at radius 2 is 1.81 bits per heavy atom. The summed E-state index contributed by atoms with van der Waals surface area (Å²) >= 11 is 0. The molecule has 2 aromatic rings. The van der Waals surface area contributed by atoms with Crippen molar-refractivity contribution in [1.82, 2.24) is 0 Å². The zero-order valence-corrected chi connectivity index (χ0v) is 12.5. The van der Waals surface area contributed by atoms with Gasteiger partial charge in [-0.25, -0.2) is 0 Å². The predicted octanol–water partition coefficient (Wildman–Crippen LogP) is 3.97. The van der Waals surface area contributed by atoms with Crippen LogP contribution in [0.25, 0.3) is 10.8 Å². The van der Waals surface area contributed by atoms with E-state index in [1.165, 1.54) is 6.42 Å². The molecule has 3 nitrogen and oxygen atoms in total. The molecular weight excluding hydrogens is 264 g/mol. The van der Waals surface area contributed by atoms with Crippen molar-refractivity contribution in [2.24, 2.45) is 0 Å². The lowest BCUT2D eigenvalue weighted by Crippen LogP contribution is -2.29. The van der Waals surface area contributed by atoms with E-state index in [1.54, 1.807) is 7.11 Å². The smallest absolute Gasteiger partial charge is 0.188 e. The normalized spacial score (nSPS) is 17.8. The quantitative estimate of drug-likeness (QED) is 0.864. The average Bonchev–Trinajstić information content (AvgIpc) is 2.53. The lowest BCUT2D eigenvalue weighted by atomic mass is 9.78. The molecule has 3 rings (SSSR count). The van der Waals surface area contributed by atoms with Crippen molar-refractivity contribution >= 4 is 10.8 Å². The van der Waals surface area contributed by atoms with Crippen LogP contribution in [0.2, 0.25) is 0 Å². The van der Waals surface area contributed by atoms with Crippen LogP contribution in [-0.4, -0.2) is 19.0 Å². The standard InChI is InChI=1S/C18H22O3/c1-20-13-21-17-15-8-4-3-7-14(15)9-10-16(17)18(19)11-5-2-6-12-18/h3-4,7-10,19H,2,5-6,11-13H2,1H3. The van der Waals surface area contributed by atoms with Gasteiger partial charge >= 0.3 is 0 Å². The van der Waals surface area contributed by atoms with Crippen molar-refractivity contribution in [2.75, 3.05) is 13.9 Å². The summed E-state index contributed by atoms with van der Waals surface area (Å²) in [6, 6.07) is 12.2. The van der Waals surface area contributed by atoms with Crippen LogP contribution in [0.3, 0.4) is 0 Å². The summed E-state index contributed by atoms with van der Waals surface area (Å²) < 4.78 is 10.9. The van der Waals surface area contributed by atoms with Gasteiger partial charge in [0.15, 0.2) is 6.79 Å².